The summed E-state index contributed by atoms with van der Waals surface area (Å²) in [6.07, 6.45) is 1.71. The summed E-state index contributed by atoms with van der Waals surface area (Å²) >= 11 is 0. The van der Waals surface area contributed by atoms with E-state index in [4.69, 9.17) is 9.84 Å². The number of aromatic carboxylic acids is 1. The van der Waals surface area contributed by atoms with Crippen LogP contribution in [0.25, 0.3) is 0 Å². The molecule has 0 spiro atoms. The second-order valence-corrected chi connectivity index (χ2v) is 6.75. The number of aryl methyl sites for hydroxylation is 1. The highest BCUT2D eigenvalue weighted by Gasteiger charge is 2.26. The van der Waals surface area contributed by atoms with Crippen LogP contribution in [0.4, 0.5) is 16.2 Å². The normalized spacial score (nSPS) is 12.9. The van der Waals surface area contributed by atoms with Gasteiger partial charge in [-0.15, -0.1) is 0 Å². The van der Waals surface area contributed by atoms with Gasteiger partial charge in [-0.05, 0) is 48.4 Å². The number of benzene rings is 2. The van der Waals surface area contributed by atoms with E-state index in [0.29, 0.717) is 24.6 Å². The molecule has 146 valence electrons. The molecule has 0 saturated carbocycles. The first kappa shape index (κ1) is 18.5. The Balaban J connectivity index is 1.57. The van der Waals surface area contributed by atoms with Crippen LogP contribution in [0.2, 0.25) is 0 Å². The number of ether oxygens (including phenoxy) is 1. The quantitative estimate of drug-likeness (QED) is 0.682. The number of hydrogen-bond acceptors (Lipinski definition) is 4. The van der Waals surface area contributed by atoms with Gasteiger partial charge in [-0.3, -0.25) is 9.88 Å². The number of carboxylic acids is 1. The molecule has 4 rings (SSSR count). The van der Waals surface area contributed by atoms with Crippen LogP contribution in [0.1, 0.15) is 27.2 Å². The Labute approximate surface area is 167 Å². The summed E-state index contributed by atoms with van der Waals surface area (Å²) in [5, 5.41) is 11.9. The van der Waals surface area contributed by atoms with Crippen molar-refractivity contribution in [1.82, 2.24) is 4.98 Å². The number of aromatic nitrogens is 1. The molecule has 0 aliphatic carbocycles. The standard InChI is InChI=1S/C22H19N3O4/c1-14-5-8-18(29-13-17-4-2-3-9-23-17)11-20(14)25-12-16-7-6-15(21(26)27)10-19(16)24-22(25)28/h2-11H,12-13H2,1H3,(H,24,28)(H,26,27). The van der Waals surface area contributed by atoms with Crippen LogP contribution in [-0.2, 0) is 13.2 Å². The van der Waals surface area contributed by atoms with E-state index >= 15 is 0 Å². The summed E-state index contributed by atoms with van der Waals surface area (Å²) < 4.78 is 5.84. The molecule has 29 heavy (non-hydrogen) atoms. The molecular weight excluding hydrogens is 370 g/mol. The Morgan fingerprint density at radius 3 is 2.83 bits per heavy atom. The molecule has 1 aliphatic rings. The summed E-state index contributed by atoms with van der Waals surface area (Å²) in [5.41, 5.74) is 3.97. The molecule has 2 amide bonds. The van der Waals surface area contributed by atoms with Crippen molar-refractivity contribution in [3.8, 4) is 5.75 Å². The maximum Gasteiger partial charge on any atom is 0.335 e. The zero-order valence-corrected chi connectivity index (χ0v) is 15.8. The van der Waals surface area contributed by atoms with Crippen molar-refractivity contribution in [2.75, 3.05) is 10.2 Å². The molecule has 0 bridgehead atoms. The number of pyridine rings is 1. The lowest BCUT2D eigenvalue weighted by Gasteiger charge is -2.31. The zero-order valence-electron chi connectivity index (χ0n) is 15.8. The molecule has 7 nitrogen and oxygen atoms in total. The van der Waals surface area contributed by atoms with Gasteiger partial charge in [-0.25, -0.2) is 9.59 Å². The molecule has 0 saturated heterocycles. The average molecular weight is 389 g/mol. The van der Waals surface area contributed by atoms with Gasteiger partial charge in [-0.2, -0.15) is 0 Å². The Kier molecular flexibility index (Phi) is 4.87. The third-order valence-electron chi connectivity index (χ3n) is 4.76. The molecular formula is C22H19N3O4. The number of nitrogens with one attached hydrogen (secondary N) is 1. The van der Waals surface area contributed by atoms with Crippen LogP contribution in [-0.4, -0.2) is 22.1 Å². The highest BCUT2D eigenvalue weighted by Crippen LogP contribution is 2.32. The summed E-state index contributed by atoms with van der Waals surface area (Å²) in [6, 6.07) is 15.6. The first-order chi connectivity index (χ1) is 14.0. The first-order valence-corrected chi connectivity index (χ1v) is 9.09. The minimum Gasteiger partial charge on any atom is -0.487 e. The Morgan fingerprint density at radius 1 is 1.21 bits per heavy atom. The van der Waals surface area contributed by atoms with Crippen molar-refractivity contribution < 1.29 is 19.4 Å². The minimum absolute atomic E-state index is 0.138. The molecule has 0 fully saturated rings. The number of rotatable bonds is 5. The van der Waals surface area contributed by atoms with Crippen molar-refractivity contribution in [2.45, 2.75) is 20.1 Å². The Morgan fingerprint density at radius 2 is 2.07 bits per heavy atom. The van der Waals surface area contributed by atoms with Gasteiger partial charge in [0.05, 0.1) is 23.5 Å². The van der Waals surface area contributed by atoms with Crippen molar-refractivity contribution >= 4 is 23.4 Å². The molecule has 1 aromatic heterocycles. The van der Waals surface area contributed by atoms with Gasteiger partial charge >= 0.3 is 12.0 Å². The smallest absolute Gasteiger partial charge is 0.335 e. The summed E-state index contributed by atoms with van der Waals surface area (Å²) in [4.78, 5) is 29.7. The van der Waals surface area contributed by atoms with Gasteiger partial charge < -0.3 is 15.2 Å². The second-order valence-electron chi connectivity index (χ2n) is 6.75. The first-order valence-electron chi connectivity index (χ1n) is 9.09. The van der Waals surface area contributed by atoms with Crippen molar-refractivity contribution in [1.29, 1.82) is 0 Å². The van der Waals surface area contributed by atoms with Crippen LogP contribution in [0.5, 0.6) is 5.75 Å². The molecule has 0 radical (unpaired) electrons. The van der Waals surface area contributed by atoms with E-state index in [1.165, 1.54) is 12.1 Å². The second kappa shape index (κ2) is 7.63. The molecule has 2 heterocycles. The molecule has 3 aromatic rings. The number of carbonyl (C=O) groups is 2. The molecule has 7 heteroatoms. The van der Waals surface area contributed by atoms with Gasteiger partial charge in [0, 0.05) is 18.0 Å². The van der Waals surface area contributed by atoms with Crippen LogP contribution >= 0.6 is 0 Å². The van der Waals surface area contributed by atoms with Gasteiger partial charge in [0.2, 0.25) is 0 Å². The van der Waals surface area contributed by atoms with Crippen LogP contribution < -0.4 is 15.0 Å². The summed E-state index contributed by atoms with van der Waals surface area (Å²) in [6.45, 7) is 2.59. The zero-order chi connectivity index (χ0) is 20.4. The van der Waals surface area contributed by atoms with Crippen molar-refractivity contribution in [3.63, 3.8) is 0 Å². The third-order valence-corrected chi connectivity index (χ3v) is 4.76. The lowest BCUT2D eigenvalue weighted by atomic mass is 10.1. The highest BCUT2D eigenvalue weighted by atomic mass is 16.5. The van der Waals surface area contributed by atoms with Gasteiger partial charge in [0.15, 0.2) is 0 Å². The third kappa shape index (κ3) is 3.89. The van der Waals surface area contributed by atoms with E-state index in [-0.39, 0.29) is 11.6 Å². The number of fused-ring (bicyclic) bond motifs is 1. The Bertz CT molecular complexity index is 1080. The number of hydrogen-bond donors (Lipinski definition) is 2. The summed E-state index contributed by atoms with van der Waals surface area (Å²) in [7, 11) is 0. The monoisotopic (exact) mass is 389 g/mol. The van der Waals surface area contributed by atoms with Crippen LogP contribution in [0, 0.1) is 6.92 Å². The molecule has 0 atom stereocenters. The molecule has 2 N–H and O–H groups in total. The average Bonchev–Trinajstić information content (AvgIpc) is 2.73. The topological polar surface area (TPSA) is 91.8 Å². The Hall–Kier alpha value is -3.87. The van der Waals surface area contributed by atoms with Crippen LogP contribution in [0.3, 0.4) is 0 Å². The maximum absolute atomic E-state index is 12.7. The summed E-state index contributed by atoms with van der Waals surface area (Å²) in [5.74, 6) is -0.394. The van der Waals surface area contributed by atoms with Crippen molar-refractivity contribution in [2.24, 2.45) is 0 Å². The van der Waals surface area contributed by atoms with E-state index < -0.39 is 5.97 Å². The van der Waals surface area contributed by atoms with Gasteiger partial charge in [-0.1, -0.05) is 18.2 Å². The molecule has 0 unspecified atom stereocenters. The van der Waals surface area contributed by atoms with E-state index in [2.05, 4.69) is 10.3 Å². The minimum atomic E-state index is -1.03. The predicted octanol–water partition coefficient (Wildman–Crippen LogP) is 4.22. The number of urea groups is 1. The maximum atomic E-state index is 12.7. The largest absolute Gasteiger partial charge is 0.487 e. The van der Waals surface area contributed by atoms with E-state index in [1.807, 2.05) is 43.3 Å². The molecule has 2 aromatic carbocycles. The van der Waals surface area contributed by atoms with Crippen molar-refractivity contribution in [3.05, 3.63) is 83.2 Å². The number of nitrogens with zero attached hydrogens (tertiary/aromatic N) is 2. The highest BCUT2D eigenvalue weighted by molar-refractivity contribution is 6.05. The van der Waals surface area contributed by atoms with Crippen LogP contribution in [0.15, 0.2) is 60.8 Å². The fraction of sp³-hybridized carbons (Fsp3) is 0.136. The lowest BCUT2D eigenvalue weighted by Crippen LogP contribution is -2.39. The van der Waals surface area contributed by atoms with E-state index in [0.717, 1.165) is 22.5 Å². The van der Waals surface area contributed by atoms with Gasteiger partial charge in [0.1, 0.15) is 12.4 Å². The SMILES string of the molecule is Cc1ccc(OCc2ccccn2)cc1N1Cc2ccc(C(=O)O)cc2NC1=O. The number of carbonyl (C=O) groups excluding carboxylic acids is 1. The van der Waals surface area contributed by atoms with E-state index in [1.54, 1.807) is 17.2 Å². The fourth-order valence-electron chi connectivity index (χ4n) is 3.19. The molecule has 1 aliphatic heterocycles. The lowest BCUT2D eigenvalue weighted by molar-refractivity contribution is 0.0697. The number of carboxylic acid groups (broad SMARTS) is 1. The van der Waals surface area contributed by atoms with E-state index in [9.17, 15) is 9.59 Å². The number of anilines is 2. The fourth-order valence-corrected chi connectivity index (χ4v) is 3.19. The predicted molar refractivity (Wildman–Crippen MR) is 108 cm³/mol. The number of amides is 2. The van der Waals surface area contributed by atoms with Gasteiger partial charge in [0.25, 0.3) is 0 Å².